The molecule has 0 radical (unpaired) electrons. The van der Waals surface area contributed by atoms with E-state index in [1.165, 1.54) is 14.2 Å². The van der Waals surface area contributed by atoms with Gasteiger partial charge in [0.15, 0.2) is 17.3 Å². The highest BCUT2D eigenvalue weighted by Crippen LogP contribution is 2.34. The van der Waals surface area contributed by atoms with E-state index in [9.17, 15) is 4.79 Å². The number of hydrogen-bond acceptors (Lipinski definition) is 4. The summed E-state index contributed by atoms with van der Waals surface area (Å²) in [5, 5.41) is 0.389. The van der Waals surface area contributed by atoms with Gasteiger partial charge >= 0.3 is 0 Å². The second-order valence-corrected chi connectivity index (χ2v) is 5.19. The van der Waals surface area contributed by atoms with Gasteiger partial charge in [-0.1, -0.05) is 11.6 Å². The standard InChI is InChI=1S/C15H19ClO4/c1-18-14-8-11(12(16)9-15(14)19-2)13(17)6-5-10-4-3-7-20-10/h8-10H,3-7H2,1-2H3. The molecule has 5 heteroatoms. The van der Waals surface area contributed by atoms with Gasteiger partial charge in [-0.3, -0.25) is 4.79 Å². The number of ether oxygens (including phenoxy) is 3. The van der Waals surface area contributed by atoms with E-state index in [1.807, 2.05) is 0 Å². The van der Waals surface area contributed by atoms with Crippen LogP contribution in [0.2, 0.25) is 5.02 Å². The summed E-state index contributed by atoms with van der Waals surface area (Å²) in [6.45, 7) is 0.802. The van der Waals surface area contributed by atoms with E-state index in [-0.39, 0.29) is 11.9 Å². The minimum absolute atomic E-state index is 0.00598. The normalized spacial score (nSPS) is 18.1. The van der Waals surface area contributed by atoms with Crippen LogP contribution in [0, 0.1) is 0 Å². The van der Waals surface area contributed by atoms with Crippen molar-refractivity contribution in [2.45, 2.75) is 31.8 Å². The number of ketones is 1. The number of carbonyl (C=O) groups is 1. The predicted molar refractivity (Wildman–Crippen MR) is 77.1 cm³/mol. The smallest absolute Gasteiger partial charge is 0.164 e. The number of halogens is 1. The number of methoxy groups -OCH3 is 2. The number of hydrogen-bond donors (Lipinski definition) is 0. The molecule has 4 nitrogen and oxygen atoms in total. The van der Waals surface area contributed by atoms with Crippen molar-refractivity contribution >= 4 is 17.4 Å². The van der Waals surface area contributed by atoms with Crippen molar-refractivity contribution < 1.29 is 19.0 Å². The largest absolute Gasteiger partial charge is 0.493 e. The van der Waals surface area contributed by atoms with Crippen molar-refractivity contribution in [1.29, 1.82) is 0 Å². The molecule has 110 valence electrons. The van der Waals surface area contributed by atoms with Gasteiger partial charge in [0.1, 0.15) is 0 Å². The van der Waals surface area contributed by atoms with Crippen molar-refractivity contribution in [3.05, 3.63) is 22.7 Å². The molecule has 1 unspecified atom stereocenters. The summed E-state index contributed by atoms with van der Waals surface area (Å²) < 4.78 is 15.9. The van der Waals surface area contributed by atoms with Gasteiger partial charge in [-0.2, -0.15) is 0 Å². The van der Waals surface area contributed by atoms with Crippen LogP contribution in [0.5, 0.6) is 11.5 Å². The maximum atomic E-state index is 12.3. The average Bonchev–Trinajstić information content (AvgIpc) is 2.97. The Bertz CT molecular complexity index is 481. The Labute approximate surface area is 124 Å². The Kier molecular flexibility index (Phi) is 5.26. The monoisotopic (exact) mass is 298 g/mol. The van der Waals surface area contributed by atoms with E-state index < -0.39 is 0 Å². The molecule has 1 aromatic rings. The summed E-state index contributed by atoms with van der Waals surface area (Å²) in [5.74, 6) is 1.04. The van der Waals surface area contributed by atoms with Crippen LogP contribution in [-0.4, -0.2) is 32.7 Å². The van der Waals surface area contributed by atoms with Crippen molar-refractivity contribution in [3.8, 4) is 11.5 Å². The van der Waals surface area contributed by atoms with Crippen LogP contribution in [0.15, 0.2) is 12.1 Å². The minimum atomic E-state index is 0.00598. The maximum absolute atomic E-state index is 12.3. The number of carbonyl (C=O) groups excluding carboxylic acids is 1. The maximum Gasteiger partial charge on any atom is 0.164 e. The molecule has 1 aliphatic rings. The van der Waals surface area contributed by atoms with Crippen LogP contribution in [0.3, 0.4) is 0 Å². The Morgan fingerprint density at radius 3 is 2.65 bits per heavy atom. The molecule has 0 amide bonds. The molecule has 0 bridgehead atoms. The predicted octanol–water partition coefficient (Wildman–Crippen LogP) is 3.50. The van der Waals surface area contributed by atoms with Gasteiger partial charge in [-0.05, 0) is 25.3 Å². The average molecular weight is 299 g/mol. The molecule has 1 aliphatic heterocycles. The lowest BCUT2D eigenvalue weighted by Crippen LogP contribution is -2.09. The van der Waals surface area contributed by atoms with Gasteiger partial charge in [-0.15, -0.1) is 0 Å². The van der Waals surface area contributed by atoms with Crippen LogP contribution in [0.4, 0.5) is 0 Å². The molecular weight excluding hydrogens is 280 g/mol. The summed E-state index contributed by atoms with van der Waals surface area (Å²) in [6.07, 6.45) is 3.49. The summed E-state index contributed by atoms with van der Waals surface area (Å²) >= 11 is 6.14. The molecule has 20 heavy (non-hydrogen) atoms. The van der Waals surface area contributed by atoms with Gasteiger partial charge in [0.25, 0.3) is 0 Å². The first kappa shape index (κ1) is 15.1. The molecule has 0 spiro atoms. The number of Topliss-reactive ketones (excluding diaryl/α,β-unsaturated/α-hetero) is 1. The first-order valence-corrected chi connectivity index (χ1v) is 7.09. The fraction of sp³-hybridized carbons (Fsp3) is 0.533. The zero-order valence-electron chi connectivity index (χ0n) is 11.8. The van der Waals surface area contributed by atoms with Crippen LogP contribution in [0.1, 0.15) is 36.0 Å². The van der Waals surface area contributed by atoms with Crippen LogP contribution in [-0.2, 0) is 4.74 Å². The van der Waals surface area contributed by atoms with Crippen LogP contribution < -0.4 is 9.47 Å². The summed E-state index contributed by atoms with van der Waals surface area (Å²) in [5.41, 5.74) is 0.474. The molecule has 1 fully saturated rings. The lowest BCUT2D eigenvalue weighted by atomic mass is 10.0. The fourth-order valence-electron chi connectivity index (χ4n) is 2.37. The van der Waals surface area contributed by atoms with Gasteiger partial charge < -0.3 is 14.2 Å². The summed E-state index contributed by atoms with van der Waals surface area (Å²) in [4.78, 5) is 12.3. The van der Waals surface area contributed by atoms with E-state index in [1.54, 1.807) is 12.1 Å². The second kappa shape index (κ2) is 6.95. The highest BCUT2D eigenvalue weighted by atomic mass is 35.5. The zero-order chi connectivity index (χ0) is 14.5. The fourth-order valence-corrected chi connectivity index (χ4v) is 2.63. The highest BCUT2D eigenvalue weighted by molar-refractivity contribution is 6.34. The third-order valence-corrected chi connectivity index (χ3v) is 3.80. The molecule has 1 aromatic carbocycles. The molecule has 0 N–H and O–H groups in total. The second-order valence-electron chi connectivity index (χ2n) is 4.78. The Morgan fingerprint density at radius 2 is 2.05 bits per heavy atom. The van der Waals surface area contributed by atoms with Crippen LogP contribution >= 0.6 is 11.6 Å². The Balaban J connectivity index is 2.08. The summed E-state index contributed by atoms with van der Waals surface area (Å²) in [7, 11) is 3.07. The van der Waals surface area contributed by atoms with E-state index in [0.717, 1.165) is 25.9 Å². The summed E-state index contributed by atoms with van der Waals surface area (Å²) in [6, 6.07) is 3.25. The van der Waals surface area contributed by atoms with E-state index >= 15 is 0 Å². The van der Waals surface area contributed by atoms with Crippen molar-refractivity contribution in [3.63, 3.8) is 0 Å². The molecule has 0 saturated carbocycles. The van der Waals surface area contributed by atoms with Crippen LogP contribution in [0.25, 0.3) is 0 Å². The third-order valence-electron chi connectivity index (χ3n) is 3.49. The van der Waals surface area contributed by atoms with Gasteiger partial charge in [0, 0.05) is 24.7 Å². The lowest BCUT2D eigenvalue weighted by molar-refractivity contribution is 0.0859. The Hall–Kier alpha value is -1.26. The van der Waals surface area contributed by atoms with Gasteiger partial charge in [-0.25, -0.2) is 0 Å². The molecule has 0 aliphatic carbocycles. The van der Waals surface area contributed by atoms with E-state index in [0.29, 0.717) is 28.5 Å². The number of rotatable bonds is 6. The first-order chi connectivity index (χ1) is 9.65. The van der Waals surface area contributed by atoms with Gasteiger partial charge in [0.05, 0.1) is 25.3 Å². The number of benzene rings is 1. The molecule has 1 atom stereocenters. The SMILES string of the molecule is COc1cc(Cl)c(C(=O)CCC2CCCO2)cc1OC. The minimum Gasteiger partial charge on any atom is -0.493 e. The molecule has 2 rings (SSSR count). The molecule has 1 saturated heterocycles. The van der Waals surface area contributed by atoms with E-state index in [2.05, 4.69) is 0 Å². The van der Waals surface area contributed by atoms with Crippen molar-refractivity contribution in [2.24, 2.45) is 0 Å². The zero-order valence-corrected chi connectivity index (χ0v) is 12.5. The molecule has 0 aromatic heterocycles. The van der Waals surface area contributed by atoms with Crippen molar-refractivity contribution in [2.75, 3.05) is 20.8 Å². The Morgan fingerprint density at radius 1 is 1.35 bits per heavy atom. The highest BCUT2D eigenvalue weighted by Gasteiger charge is 2.20. The molecular formula is C15H19ClO4. The van der Waals surface area contributed by atoms with Crippen molar-refractivity contribution in [1.82, 2.24) is 0 Å². The topological polar surface area (TPSA) is 44.8 Å². The first-order valence-electron chi connectivity index (χ1n) is 6.72. The lowest BCUT2D eigenvalue weighted by Gasteiger charge is -2.12. The van der Waals surface area contributed by atoms with E-state index in [4.69, 9.17) is 25.8 Å². The van der Waals surface area contributed by atoms with Gasteiger partial charge in [0.2, 0.25) is 0 Å². The third kappa shape index (κ3) is 3.44. The molecule has 1 heterocycles. The quantitative estimate of drug-likeness (QED) is 0.754.